The molecule has 0 spiro atoms. The average Bonchev–Trinajstić information content (AvgIpc) is 3.09. The topological polar surface area (TPSA) is 71.7 Å². The molecule has 260 valence electrons. The van der Waals surface area contributed by atoms with Gasteiger partial charge in [0.1, 0.15) is 0 Å². The van der Waals surface area contributed by atoms with E-state index in [1.54, 1.807) is 5.30 Å². The summed E-state index contributed by atoms with van der Waals surface area (Å²) in [5.74, 6) is 0. The zero-order valence-electron chi connectivity index (χ0n) is 28.8. The van der Waals surface area contributed by atoms with E-state index in [2.05, 4.69) is 85.0 Å². The first-order valence-electron chi connectivity index (χ1n) is 16.9. The van der Waals surface area contributed by atoms with Gasteiger partial charge in [-0.1, -0.05) is 113 Å². The molecule has 0 amide bonds. The van der Waals surface area contributed by atoms with Gasteiger partial charge in [-0.3, -0.25) is 4.55 Å². The second-order valence-electron chi connectivity index (χ2n) is 12.7. The van der Waals surface area contributed by atoms with Crippen LogP contribution < -0.4 is 10.2 Å². The van der Waals surface area contributed by atoms with Crippen LogP contribution in [-0.4, -0.2) is 51.7 Å². The Morgan fingerprint density at radius 1 is 0.708 bits per heavy atom. The Balaban J connectivity index is 0.000000261. The summed E-state index contributed by atoms with van der Waals surface area (Å²) < 4.78 is 25.9. The summed E-state index contributed by atoms with van der Waals surface area (Å²) in [6.07, 6.45) is 15.3. The average molecular weight is 777 g/mol. The predicted molar refractivity (Wildman–Crippen MR) is 204 cm³/mol. The first kappa shape index (κ1) is 39.9. The Bertz CT molecular complexity index is 1600. The molecule has 0 radical (unpaired) electrons. The maximum absolute atomic E-state index is 9.19. The zero-order chi connectivity index (χ0) is 33.6. The second-order valence-corrected chi connectivity index (χ2v) is 16.9. The van der Waals surface area contributed by atoms with Crippen molar-refractivity contribution >= 4 is 34.7 Å². The summed E-state index contributed by atoms with van der Waals surface area (Å²) in [5, 5.41) is 5.93. The third-order valence-electron chi connectivity index (χ3n) is 8.94. The first-order chi connectivity index (χ1) is 22.7. The minimum absolute atomic E-state index is 0. The van der Waals surface area contributed by atoms with Crippen LogP contribution in [0.4, 0.5) is 11.4 Å². The summed E-state index contributed by atoms with van der Waals surface area (Å²) in [5.41, 5.74) is 9.40. The van der Waals surface area contributed by atoms with Crippen molar-refractivity contribution in [3.8, 4) is 22.3 Å². The maximum atomic E-state index is 9.19. The van der Waals surface area contributed by atoms with Crippen LogP contribution in [0.2, 0.25) is 0 Å². The molecule has 0 heterocycles. The van der Waals surface area contributed by atoms with Gasteiger partial charge in [0, 0.05) is 25.3 Å². The Morgan fingerprint density at radius 3 is 1.71 bits per heavy atom. The molecular weight excluding hydrogens is 726 g/mol. The zero-order valence-corrected chi connectivity index (χ0v) is 32.1. The molecule has 48 heavy (non-hydrogen) atoms. The summed E-state index contributed by atoms with van der Waals surface area (Å²) in [4.78, 5) is 2.27. The first-order valence-corrected chi connectivity index (χ1v) is 20.2. The number of benzene rings is 4. The normalized spacial score (nSPS) is 15.2. The third kappa shape index (κ3) is 12.1. The number of anilines is 1. The molecule has 2 aliphatic carbocycles. The molecule has 2 saturated carbocycles. The molecule has 8 heteroatoms. The van der Waals surface area contributed by atoms with Crippen molar-refractivity contribution in [2.45, 2.75) is 75.5 Å². The van der Waals surface area contributed by atoms with Crippen LogP contribution in [-0.2, 0) is 30.5 Å². The van der Waals surface area contributed by atoms with Crippen molar-refractivity contribution < 1.29 is 33.4 Å². The molecule has 6 rings (SSSR count). The van der Waals surface area contributed by atoms with Gasteiger partial charge in [-0.2, -0.15) is 14.1 Å². The van der Waals surface area contributed by atoms with Crippen molar-refractivity contribution in [3.63, 3.8) is 0 Å². The summed E-state index contributed by atoms with van der Waals surface area (Å²) in [7, 11) is 2.40. The van der Waals surface area contributed by atoms with Gasteiger partial charge in [-0.15, -0.1) is 48.5 Å². The molecule has 0 bridgehead atoms. The van der Waals surface area contributed by atoms with Gasteiger partial charge in [0.2, 0.25) is 0 Å². The van der Waals surface area contributed by atoms with Crippen LogP contribution in [0, 0.1) is 6.07 Å². The van der Waals surface area contributed by atoms with E-state index in [0.29, 0.717) is 6.26 Å². The molecule has 1 N–H and O–H groups in total. The van der Waals surface area contributed by atoms with Gasteiger partial charge in [-0.05, 0) is 53.9 Å². The Labute approximate surface area is 305 Å². The Hall–Kier alpha value is -2.52. The van der Waals surface area contributed by atoms with Crippen LogP contribution in [0.25, 0.3) is 27.6 Å². The summed E-state index contributed by atoms with van der Waals surface area (Å²) in [6, 6.07) is 37.7. The van der Waals surface area contributed by atoms with E-state index in [4.69, 9.17) is 4.55 Å². The predicted octanol–water partition coefficient (Wildman–Crippen LogP) is 10.5. The van der Waals surface area contributed by atoms with E-state index in [-0.39, 0.29) is 28.3 Å². The van der Waals surface area contributed by atoms with E-state index in [0.717, 1.165) is 28.1 Å². The van der Waals surface area contributed by atoms with E-state index < -0.39 is 10.1 Å². The minimum atomic E-state index is -3.67. The van der Waals surface area contributed by atoms with Gasteiger partial charge >= 0.3 is 20.4 Å². The number of hydrogen-bond donors (Lipinski definition) is 1. The molecule has 0 saturated heterocycles. The SMILES string of the molecule is CN(C)c1ccccc1-c1ccccc1P(C1CCCCC1)C1CCCCC1.CS(=O)(=O)O.C[N-]c1ccccc1-c1[c-]cccc1.[Pd+2]. The van der Waals surface area contributed by atoms with E-state index in [1.165, 1.54) is 81.0 Å². The van der Waals surface area contributed by atoms with Crippen LogP contribution >= 0.6 is 7.92 Å². The molecule has 4 aromatic carbocycles. The molecule has 0 atom stereocenters. The third-order valence-corrected chi connectivity index (χ3v) is 12.5. The molecule has 4 aromatic rings. The molecule has 0 aromatic heterocycles. The van der Waals surface area contributed by atoms with Crippen molar-refractivity contribution in [2.75, 3.05) is 32.3 Å². The largest absolute Gasteiger partial charge is 2.00 e. The number of nitrogens with zero attached hydrogens (tertiary/aromatic N) is 2. The van der Waals surface area contributed by atoms with Gasteiger partial charge in [0.25, 0.3) is 10.1 Å². The van der Waals surface area contributed by atoms with Crippen LogP contribution in [0.5, 0.6) is 0 Å². The van der Waals surface area contributed by atoms with Gasteiger partial charge in [-0.25, -0.2) is 0 Å². The number of para-hydroxylation sites is 2. The number of rotatable bonds is 7. The fourth-order valence-electron chi connectivity index (χ4n) is 6.89. The fraction of sp³-hybridized carbons (Fsp3) is 0.400. The van der Waals surface area contributed by atoms with Crippen molar-refractivity contribution in [1.29, 1.82) is 0 Å². The minimum Gasteiger partial charge on any atom is -0.694 e. The van der Waals surface area contributed by atoms with Crippen molar-refractivity contribution in [1.82, 2.24) is 0 Å². The van der Waals surface area contributed by atoms with Crippen LogP contribution in [0.3, 0.4) is 0 Å². The molecule has 0 aliphatic heterocycles. The second kappa shape index (κ2) is 20.2. The standard InChI is InChI=1S/C26H36NP.C13H11N.CH4O3S.Pd/c1-27(2)25-19-11-9-17-23(25)24-18-10-12-20-26(24)28(21-13-5-3-6-14-21)22-15-7-4-8-16-22;1-14-13-10-6-5-9-12(13)11-7-3-2-4-8-11;1-5(2,3)4;/h9-12,17-22H,3-8,13-16H2,1-2H3;2-7,9-10H,1H3;1H3,(H,2,3,4);/q;-2;;+2. The van der Waals surface area contributed by atoms with Crippen LogP contribution in [0.15, 0.2) is 97.1 Å². The van der Waals surface area contributed by atoms with E-state index in [9.17, 15) is 8.42 Å². The summed E-state index contributed by atoms with van der Waals surface area (Å²) >= 11 is 0. The smallest absolute Gasteiger partial charge is 0.694 e. The molecule has 5 nitrogen and oxygen atoms in total. The molecule has 2 fully saturated rings. The Morgan fingerprint density at radius 2 is 1.19 bits per heavy atom. The molecular formula is C40H51N2O3PPdS. The van der Waals surface area contributed by atoms with Crippen molar-refractivity contribution in [3.05, 3.63) is 108 Å². The maximum Gasteiger partial charge on any atom is 2.00 e. The molecule has 2 aliphatic rings. The van der Waals surface area contributed by atoms with E-state index in [1.807, 2.05) is 49.5 Å². The van der Waals surface area contributed by atoms with Crippen molar-refractivity contribution in [2.24, 2.45) is 0 Å². The Kier molecular flexibility index (Phi) is 16.8. The summed E-state index contributed by atoms with van der Waals surface area (Å²) in [6.45, 7) is 0. The van der Waals surface area contributed by atoms with Gasteiger partial charge in [0.15, 0.2) is 0 Å². The monoisotopic (exact) mass is 776 g/mol. The van der Waals surface area contributed by atoms with Gasteiger partial charge in [0.05, 0.1) is 6.26 Å². The quantitative estimate of drug-likeness (QED) is 0.0878. The molecule has 0 unspecified atom stereocenters. The van der Waals surface area contributed by atoms with Gasteiger partial charge < -0.3 is 10.2 Å². The number of hydrogen-bond acceptors (Lipinski definition) is 3. The fourth-order valence-corrected chi connectivity index (χ4v) is 10.8. The van der Waals surface area contributed by atoms with E-state index >= 15 is 0 Å². The van der Waals surface area contributed by atoms with Crippen LogP contribution in [0.1, 0.15) is 64.2 Å².